The first-order valence-corrected chi connectivity index (χ1v) is 6.17. The predicted molar refractivity (Wildman–Crippen MR) is 73.0 cm³/mol. The molecule has 1 aromatic carbocycles. The number of anilines is 1. The van der Waals surface area contributed by atoms with Crippen LogP contribution in [0, 0.1) is 25.5 Å². The van der Waals surface area contributed by atoms with Gasteiger partial charge in [0, 0.05) is 0 Å². The van der Waals surface area contributed by atoms with E-state index in [1.807, 2.05) is 0 Å². The first-order valence-electron chi connectivity index (χ1n) is 5.79. The van der Waals surface area contributed by atoms with Crippen molar-refractivity contribution in [3.8, 4) is 0 Å². The van der Waals surface area contributed by atoms with Crippen LogP contribution in [0.25, 0.3) is 0 Å². The van der Waals surface area contributed by atoms with Gasteiger partial charge in [0.2, 0.25) is 0 Å². The van der Waals surface area contributed by atoms with Crippen molar-refractivity contribution in [1.82, 2.24) is 4.98 Å². The summed E-state index contributed by atoms with van der Waals surface area (Å²) in [6.07, 6.45) is 0. The number of carbonyl (C=O) groups excluding carboxylic acids is 1. The average Bonchev–Trinajstić information content (AvgIpc) is 2.38. The van der Waals surface area contributed by atoms with E-state index in [2.05, 4.69) is 10.3 Å². The third-order valence-electron chi connectivity index (χ3n) is 2.81. The summed E-state index contributed by atoms with van der Waals surface area (Å²) in [4.78, 5) is 15.9. The number of hydrogen-bond donors (Lipinski definition) is 1. The molecule has 2 aromatic rings. The second-order valence-corrected chi connectivity index (χ2v) is 4.66. The molecule has 0 aliphatic rings. The summed E-state index contributed by atoms with van der Waals surface area (Å²) >= 11 is 5.70. The van der Waals surface area contributed by atoms with Crippen LogP contribution in [0.3, 0.4) is 0 Å². The molecule has 0 saturated carbocycles. The number of carbonyl (C=O) groups is 1. The molecule has 1 heterocycles. The van der Waals surface area contributed by atoms with Crippen LogP contribution in [-0.2, 0) is 0 Å². The topological polar surface area (TPSA) is 42.0 Å². The van der Waals surface area contributed by atoms with Crippen LogP contribution in [0.5, 0.6) is 0 Å². The Balaban J connectivity index is 2.36. The Bertz CT molecular complexity index is 689. The van der Waals surface area contributed by atoms with Gasteiger partial charge in [-0.25, -0.2) is 13.8 Å². The predicted octanol–water partition coefficient (Wildman–Crippen LogP) is 3.88. The number of aromatic nitrogens is 1. The second-order valence-electron chi connectivity index (χ2n) is 4.27. The van der Waals surface area contributed by atoms with E-state index in [1.165, 1.54) is 25.1 Å². The molecular weight excluding hydrogens is 286 g/mol. The number of halogens is 3. The van der Waals surface area contributed by atoms with Crippen LogP contribution < -0.4 is 5.32 Å². The van der Waals surface area contributed by atoms with Gasteiger partial charge in [-0.3, -0.25) is 4.79 Å². The molecule has 0 fully saturated rings. The van der Waals surface area contributed by atoms with Gasteiger partial charge in [-0.15, -0.1) is 0 Å². The molecule has 0 aliphatic heterocycles. The zero-order valence-corrected chi connectivity index (χ0v) is 11.6. The Kier molecular flexibility index (Phi) is 3.99. The van der Waals surface area contributed by atoms with Crippen molar-refractivity contribution in [2.75, 3.05) is 5.32 Å². The molecule has 0 saturated heterocycles. The quantitative estimate of drug-likeness (QED) is 0.855. The number of nitrogens with one attached hydrogen (secondary N) is 1. The molecule has 20 heavy (non-hydrogen) atoms. The van der Waals surface area contributed by atoms with Gasteiger partial charge >= 0.3 is 0 Å². The van der Waals surface area contributed by atoms with Crippen molar-refractivity contribution in [1.29, 1.82) is 0 Å². The number of amides is 1. The Morgan fingerprint density at radius 1 is 1.20 bits per heavy atom. The second kappa shape index (κ2) is 5.54. The van der Waals surface area contributed by atoms with E-state index in [0.29, 0.717) is 11.4 Å². The Morgan fingerprint density at radius 3 is 2.55 bits per heavy atom. The molecule has 1 amide bonds. The summed E-state index contributed by atoms with van der Waals surface area (Å²) in [6.45, 7) is 3.09. The van der Waals surface area contributed by atoms with Gasteiger partial charge in [-0.1, -0.05) is 17.7 Å². The third kappa shape index (κ3) is 2.77. The molecule has 1 aromatic heterocycles. The molecule has 0 aliphatic carbocycles. The third-order valence-corrected chi connectivity index (χ3v) is 3.02. The Labute approximate surface area is 119 Å². The lowest BCUT2D eigenvalue weighted by molar-refractivity contribution is 0.101. The highest BCUT2D eigenvalue weighted by Crippen LogP contribution is 2.20. The number of rotatable bonds is 2. The van der Waals surface area contributed by atoms with E-state index in [0.717, 1.165) is 6.07 Å². The van der Waals surface area contributed by atoms with Crippen molar-refractivity contribution in [3.05, 3.63) is 57.9 Å². The summed E-state index contributed by atoms with van der Waals surface area (Å²) < 4.78 is 27.5. The summed E-state index contributed by atoms with van der Waals surface area (Å²) in [5.41, 5.74) is 0.390. The molecule has 0 unspecified atom stereocenters. The first-order chi connectivity index (χ1) is 9.40. The van der Waals surface area contributed by atoms with Gasteiger partial charge in [0.15, 0.2) is 0 Å². The summed E-state index contributed by atoms with van der Waals surface area (Å²) in [5.74, 6) is -2.65. The van der Waals surface area contributed by atoms with Crippen LogP contribution in [0.15, 0.2) is 24.3 Å². The van der Waals surface area contributed by atoms with Crippen molar-refractivity contribution in [3.63, 3.8) is 0 Å². The lowest BCUT2D eigenvalue weighted by atomic mass is 10.1. The maximum atomic E-state index is 13.8. The molecule has 1 N–H and O–H groups in total. The van der Waals surface area contributed by atoms with E-state index in [-0.39, 0.29) is 10.7 Å². The lowest BCUT2D eigenvalue weighted by Crippen LogP contribution is -2.17. The standard InChI is InChI=1S/C14H11ClF2N2O/c1-7-3-4-9(16)12(13(7)17)14(20)19-10-5-6-11(15)18-8(10)2/h3-6H,1-2H3,(H,19,20). The van der Waals surface area contributed by atoms with Crippen LogP contribution in [0.1, 0.15) is 21.6 Å². The maximum absolute atomic E-state index is 13.8. The smallest absolute Gasteiger partial charge is 0.261 e. The normalized spacial score (nSPS) is 10.4. The first kappa shape index (κ1) is 14.4. The van der Waals surface area contributed by atoms with E-state index in [9.17, 15) is 13.6 Å². The highest BCUT2D eigenvalue weighted by molar-refractivity contribution is 6.29. The average molecular weight is 297 g/mol. The largest absolute Gasteiger partial charge is 0.320 e. The zero-order chi connectivity index (χ0) is 14.9. The van der Waals surface area contributed by atoms with Crippen molar-refractivity contribution in [2.24, 2.45) is 0 Å². The van der Waals surface area contributed by atoms with Gasteiger partial charge < -0.3 is 5.32 Å². The summed E-state index contributed by atoms with van der Waals surface area (Å²) in [7, 11) is 0. The number of pyridine rings is 1. The van der Waals surface area contributed by atoms with Gasteiger partial charge in [0.1, 0.15) is 22.4 Å². The van der Waals surface area contributed by atoms with E-state index in [1.54, 1.807) is 6.92 Å². The molecular formula is C14H11ClF2N2O. The number of nitrogens with zero attached hydrogens (tertiary/aromatic N) is 1. The Hall–Kier alpha value is -2.01. The molecule has 2 rings (SSSR count). The van der Waals surface area contributed by atoms with E-state index >= 15 is 0 Å². The Morgan fingerprint density at radius 2 is 1.90 bits per heavy atom. The summed E-state index contributed by atoms with van der Waals surface area (Å²) in [5, 5.41) is 2.69. The number of aryl methyl sites for hydroxylation is 2. The van der Waals surface area contributed by atoms with E-state index in [4.69, 9.17) is 11.6 Å². The minimum Gasteiger partial charge on any atom is -0.320 e. The zero-order valence-electron chi connectivity index (χ0n) is 10.8. The lowest BCUT2D eigenvalue weighted by Gasteiger charge is -2.10. The minimum atomic E-state index is -0.912. The molecule has 0 radical (unpaired) electrons. The molecule has 0 atom stereocenters. The van der Waals surface area contributed by atoms with Crippen LogP contribution in [0.2, 0.25) is 5.15 Å². The number of hydrogen-bond acceptors (Lipinski definition) is 2. The van der Waals surface area contributed by atoms with Gasteiger partial charge in [-0.2, -0.15) is 0 Å². The number of benzene rings is 1. The van der Waals surface area contributed by atoms with Gasteiger partial charge in [-0.05, 0) is 37.6 Å². The van der Waals surface area contributed by atoms with Crippen LogP contribution >= 0.6 is 11.6 Å². The molecule has 6 heteroatoms. The maximum Gasteiger partial charge on any atom is 0.261 e. The molecule has 0 bridgehead atoms. The van der Waals surface area contributed by atoms with Crippen LogP contribution in [-0.4, -0.2) is 10.9 Å². The van der Waals surface area contributed by atoms with Gasteiger partial charge in [0.05, 0.1) is 11.4 Å². The van der Waals surface area contributed by atoms with Crippen molar-refractivity contribution in [2.45, 2.75) is 13.8 Å². The fourth-order valence-electron chi connectivity index (χ4n) is 1.71. The fraction of sp³-hybridized carbons (Fsp3) is 0.143. The van der Waals surface area contributed by atoms with Crippen molar-refractivity contribution < 1.29 is 13.6 Å². The molecule has 3 nitrogen and oxygen atoms in total. The molecule has 104 valence electrons. The highest BCUT2D eigenvalue weighted by atomic mass is 35.5. The highest BCUT2D eigenvalue weighted by Gasteiger charge is 2.19. The van der Waals surface area contributed by atoms with Gasteiger partial charge in [0.25, 0.3) is 5.91 Å². The summed E-state index contributed by atoms with van der Waals surface area (Å²) in [6, 6.07) is 5.33. The van der Waals surface area contributed by atoms with Crippen molar-refractivity contribution >= 4 is 23.2 Å². The van der Waals surface area contributed by atoms with E-state index < -0.39 is 23.1 Å². The monoisotopic (exact) mass is 296 g/mol. The SMILES string of the molecule is Cc1ccc(F)c(C(=O)Nc2ccc(Cl)nc2C)c1F. The minimum absolute atomic E-state index is 0.197. The van der Waals surface area contributed by atoms with Crippen LogP contribution in [0.4, 0.5) is 14.5 Å². The fourth-order valence-corrected chi connectivity index (χ4v) is 1.90. The molecule has 0 spiro atoms.